The van der Waals surface area contributed by atoms with E-state index in [1.54, 1.807) is 36.5 Å². The molecule has 2 aromatic carbocycles. The van der Waals surface area contributed by atoms with E-state index in [1.807, 2.05) is 31.2 Å². The number of aryl methyl sites for hydroxylation is 1. The summed E-state index contributed by atoms with van der Waals surface area (Å²) >= 11 is 0. The van der Waals surface area contributed by atoms with E-state index in [0.717, 1.165) is 73.0 Å². The van der Waals surface area contributed by atoms with Crippen molar-refractivity contribution < 1.29 is 14.4 Å². The second kappa shape index (κ2) is 17.4. The number of nitrogens with two attached hydrogens (primary N) is 1. The Morgan fingerprint density at radius 2 is 1.71 bits per heavy atom. The topological polar surface area (TPSA) is 193 Å². The van der Waals surface area contributed by atoms with E-state index in [9.17, 15) is 14.4 Å². The van der Waals surface area contributed by atoms with E-state index in [2.05, 4.69) is 53.8 Å². The Bertz CT molecular complexity index is 1670. The molecule has 2 heterocycles. The Labute approximate surface area is 286 Å². The van der Waals surface area contributed by atoms with Crippen molar-refractivity contribution in [2.75, 3.05) is 31.5 Å². The number of carbonyl (C=O) groups excluding carboxylic acids is 3. The van der Waals surface area contributed by atoms with E-state index < -0.39 is 6.04 Å². The second-order valence-electron chi connectivity index (χ2n) is 12.6. The highest BCUT2D eigenvalue weighted by atomic mass is 16.2. The SMILES string of the molecule is CCNCCCNC(=O)c1cc(C)c(-c2ccc(CC(NC(=O)C3CCC(CN)CC3)C(=O)Nc3ccc(-c4nn[nH]n4)cc3)cc2)cn1. The molecule has 1 fully saturated rings. The molecule has 0 saturated heterocycles. The van der Waals surface area contributed by atoms with Crippen LogP contribution in [0.3, 0.4) is 0 Å². The summed E-state index contributed by atoms with van der Waals surface area (Å²) in [5, 5.41) is 26.2. The van der Waals surface area contributed by atoms with Gasteiger partial charge < -0.3 is 27.0 Å². The Hall–Kier alpha value is -5.01. The molecule has 258 valence electrons. The summed E-state index contributed by atoms with van der Waals surface area (Å²) in [6.07, 6.45) is 6.23. The number of amides is 3. The number of nitrogens with one attached hydrogen (secondary N) is 5. The Morgan fingerprint density at radius 1 is 0.980 bits per heavy atom. The highest BCUT2D eigenvalue weighted by molar-refractivity contribution is 5.98. The maximum Gasteiger partial charge on any atom is 0.269 e. The summed E-state index contributed by atoms with van der Waals surface area (Å²) in [6, 6.07) is 16.0. The fourth-order valence-electron chi connectivity index (χ4n) is 6.10. The van der Waals surface area contributed by atoms with Crippen LogP contribution >= 0.6 is 0 Å². The van der Waals surface area contributed by atoms with Gasteiger partial charge in [-0.3, -0.25) is 19.4 Å². The standard InChI is InChI=1S/C36H46N10O3/c1-3-38-17-4-18-39-35(48)31-19-23(2)30(22-40-31)26-9-5-24(6-10-26)20-32(42-34(47)28-11-7-25(21-37)8-12-28)36(49)41-29-15-13-27(14-16-29)33-43-45-46-44-33/h5-6,9-10,13-16,19,22,25,28,32,38H,3-4,7-8,11-12,17-18,20-21,37H2,1-2H3,(H,39,48)(H,41,49)(H,42,47)(H,43,44,45,46). The molecule has 1 unspecified atom stereocenters. The van der Waals surface area contributed by atoms with Crippen molar-refractivity contribution >= 4 is 23.4 Å². The molecule has 3 amide bonds. The van der Waals surface area contributed by atoms with Crippen LogP contribution in [0.2, 0.25) is 0 Å². The van der Waals surface area contributed by atoms with E-state index >= 15 is 0 Å². The number of H-pyrrole nitrogens is 1. The molecule has 0 spiro atoms. The lowest BCUT2D eigenvalue weighted by Crippen LogP contribution is -2.48. The molecule has 7 N–H and O–H groups in total. The summed E-state index contributed by atoms with van der Waals surface area (Å²) in [4.78, 5) is 44.1. The first-order valence-corrected chi connectivity index (χ1v) is 17.0. The third-order valence-electron chi connectivity index (χ3n) is 9.05. The minimum absolute atomic E-state index is 0.108. The number of tetrazole rings is 1. The van der Waals surface area contributed by atoms with Crippen molar-refractivity contribution in [3.05, 3.63) is 77.6 Å². The zero-order valence-electron chi connectivity index (χ0n) is 28.2. The van der Waals surface area contributed by atoms with Crippen LogP contribution in [0, 0.1) is 18.8 Å². The van der Waals surface area contributed by atoms with Crippen LogP contribution in [0.4, 0.5) is 5.69 Å². The molecule has 13 heteroatoms. The molecule has 4 aromatic rings. The zero-order chi connectivity index (χ0) is 34.6. The molecule has 1 aliphatic rings. The third kappa shape index (κ3) is 9.77. The van der Waals surface area contributed by atoms with Crippen LogP contribution in [0.5, 0.6) is 0 Å². The monoisotopic (exact) mass is 666 g/mol. The van der Waals surface area contributed by atoms with E-state index in [0.29, 0.717) is 42.6 Å². The first-order chi connectivity index (χ1) is 23.8. The van der Waals surface area contributed by atoms with E-state index in [-0.39, 0.29) is 23.6 Å². The molecule has 2 aromatic heterocycles. The molecule has 5 rings (SSSR count). The van der Waals surface area contributed by atoms with Crippen LogP contribution in [0.15, 0.2) is 60.8 Å². The molecule has 0 bridgehead atoms. The van der Waals surface area contributed by atoms with Crippen molar-refractivity contribution in [3.63, 3.8) is 0 Å². The quantitative estimate of drug-likeness (QED) is 0.103. The predicted octanol–water partition coefficient (Wildman–Crippen LogP) is 3.40. The predicted molar refractivity (Wildman–Crippen MR) is 188 cm³/mol. The molecule has 1 aliphatic carbocycles. The van der Waals surface area contributed by atoms with Gasteiger partial charge in [0.25, 0.3) is 5.91 Å². The maximum absolute atomic E-state index is 13.7. The number of benzene rings is 2. The largest absolute Gasteiger partial charge is 0.351 e. The summed E-state index contributed by atoms with van der Waals surface area (Å²) in [5.74, 6) is 0.146. The smallest absolute Gasteiger partial charge is 0.269 e. The van der Waals surface area contributed by atoms with Gasteiger partial charge in [-0.1, -0.05) is 31.2 Å². The van der Waals surface area contributed by atoms with Crippen molar-refractivity contribution in [2.45, 2.75) is 58.4 Å². The van der Waals surface area contributed by atoms with Crippen LogP contribution in [0.1, 0.15) is 60.6 Å². The fourth-order valence-corrected chi connectivity index (χ4v) is 6.10. The first kappa shape index (κ1) is 35.3. The lowest BCUT2D eigenvalue weighted by molar-refractivity contribution is -0.130. The summed E-state index contributed by atoms with van der Waals surface area (Å²) in [5.41, 5.74) is 11.3. The summed E-state index contributed by atoms with van der Waals surface area (Å²) in [7, 11) is 0. The number of rotatable bonds is 15. The zero-order valence-corrected chi connectivity index (χ0v) is 28.2. The molecule has 1 saturated carbocycles. The van der Waals surface area contributed by atoms with E-state index in [1.165, 1.54) is 0 Å². The average Bonchev–Trinajstić information content (AvgIpc) is 3.67. The highest BCUT2D eigenvalue weighted by Crippen LogP contribution is 2.29. The third-order valence-corrected chi connectivity index (χ3v) is 9.05. The number of hydrogen-bond acceptors (Lipinski definition) is 9. The lowest BCUT2D eigenvalue weighted by atomic mass is 9.81. The van der Waals surface area contributed by atoms with Crippen molar-refractivity contribution in [1.82, 2.24) is 41.6 Å². The van der Waals surface area contributed by atoms with Crippen LogP contribution in [0.25, 0.3) is 22.5 Å². The normalized spacial score (nSPS) is 16.5. The fraction of sp³-hybridized carbons (Fsp3) is 0.417. The Balaban J connectivity index is 1.26. The molecular weight excluding hydrogens is 620 g/mol. The minimum Gasteiger partial charge on any atom is -0.351 e. The van der Waals surface area contributed by atoms with Gasteiger partial charge in [0.1, 0.15) is 11.7 Å². The average molecular weight is 667 g/mol. The molecule has 49 heavy (non-hydrogen) atoms. The molecule has 0 aliphatic heterocycles. The maximum atomic E-state index is 13.7. The molecule has 13 nitrogen and oxygen atoms in total. The summed E-state index contributed by atoms with van der Waals surface area (Å²) < 4.78 is 0. The number of hydrogen-bond donors (Lipinski definition) is 6. The van der Waals surface area contributed by atoms with Crippen molar-refractivity contribution in [2.24, 2.45) is 17.6 Å². The van der Waals surface area contributed by atoms with Gasteiger partial charge >= 0.3 is 0 Å². The van der Waals surface area contributed by atoms with Gasteiger partial charge in [-0.2, -0.15) is 5.21 Å². The van der Waals surface area contributed by atoms with Gasteiger partial charge in [0.05, 0.1) is 0 Å². The molecule has 1 atom stereocenters. The van der Waals surface area contributed by atoms with Crippen molar-refractivity contribution in [3.8, 4) is 22.5 Å². The highest BCUT2D eigenvalue weighted by Gasteiger charge is 2.29. The van der Waals surface area contributed by atoms with E-state index in [4.69, 9.17) is 5.73 Å². The molecular formula is C36H46N10O3. The number of anilines is 1. The number of pyridine rings is 1. The number of carbonyl (C=O) groups is 3. The Morgan fingerprint density at radius 3 is 2.37 bits per heavy atom. The number of aromatic nitrogens is 5. The summed E-state index contributed by atoms with van der Waals surface area (Å²) in [6.45, 7) is 6.98. The van der Waals surface area contributed by atoms with Gasteiger partial charge in [-0.05, 0) is 117 Å². The van der Waals surface area contributed by atoms with Crippen LogP contribution in [-0.4, -0.2) is 75.6 Å². The minimum atomic E-state index is -0.790. The van der Waals surface area contributed by atoms with Gasteiger partial charge in [0.15, 0.2) is 0 Å². The Kier molecular flexibility index (Phi) is 12.5. The van der Waals surface area contributed by atoms with Gasteiger partial charge in [0, 0.05) is 41.9 Å². The number of nitrogens with zero attached hydrogens (tertiary/aromatic N) is 4. The lowest BCUT2D eigenvalue weighted by Gasteiger charge is -2.28. The number of aromatic amines is 1. The van der Waals surface area contributed by atoms with Crippen LogP contribution < -0.4 is 27.0 Å². The van der Waals surface area contributed by atoms with Gasteiger partial charge in [-0.25, -0.2) is 0 Å². The van der Waals surface area contributed by atoms with Gasteiger partial charge in [0.2, 0.25) is 17.6 Å². The van der Waals surface area contributed by atoms with Crippen molar-refractivity contribution in [1.29, 1.82) is 0 Å². The molecule has 0 radical (unpaired) electrons. The van der Waals surface area contributed by atoms with Gasteiger partial charge in [-0.15, -0.1) is 10.2 Å². The second-order valence-corrected chi connectivity index (χ2v) is 12.6. The van der Waals surface area contributed by atoms with Crippen LogP contribution in [-0.2, 0) is 16.0 Å². The first-order valence-electron chi connectivity index (χ1n) is 17.0.